The van der Waals surface area contributed by atoms with Gasteiger partial charge in [-0.2, -0.15) is 5.10 Å². The molecule has 0 saturated heterocycles. The van der Waals surface area contributed by atoms with Gasteiger partial charge in [-0.1, -0.05) is 51.8 Å². The Labute approximate surface area is 199 Å². The zero-order chi connectivity index (χ0) is 22.9. The first-order valence-corrected chi connectivity index (χ1v) is 10.9. The highest BCUT2D eigenvalue weighted by Gasteiger charge is 2.15. The lowest BCUT2D eigenvalue weighted by molar-refractivity contribution is -0.120. The number of benzene rings is 3. The van der Waals surface area contributed by atoms with Crippen molar-refractivity contribution in [2.45, 2.75) is 13.3 Å². The van der Waals surface area contributed by atoms with Crippen LogP contribution in [0.5, 0.6) is 11.5 Å². The van der Waals surface area contributed by atoms with Crippen LogP contribution in [0.3, 0.4) is 0 Å². The second-order valence-electron chi connectivity index (χ2n) is 6.60. The predicted octanol–water partition coefficient (Wildman–Crippen LogP) is 5.41. The first kappa shape index (κ1) is 23.5. The first-order chi connectivity index (χ1) is 15.5. The topological polar surface area (TPSA) is 77.0 Å². The molecule has 0 radical (unpaired) electrons. The van der Waals surface area contributed by atoms with Gasteiger partial charge in [0.05, 0.1) is 29.8 Å². The summed E-state index contributed by atoms with van der Waals surface area (Å²) in [6.45, 7) is 2.20. The number of hydrogen-bond acceptors (Lipinski definition) is 5. The fourth-order valence-electron chi connectivity index (χ4n) is 2.75. The summed E-state index contributed by atoms with van der Waals surface area (Å²) >= 11 is 9.43. The number of esters is 1. The van der Waals surface area contributed by atoms with Crippen LogP contribution >= 0.6 is 27.5 Å². The van der Waals surface area contributed by atoms with Crippen LogP contribution in [0.4, 0.5) is 0 Å². The fourth-order valence-corrected chi connectivity index (χ4v) is 3.22. The normalized spacial score (nSPS) is 10.7. The molecule has 0 fully saturated rings. The molecule has 164 valence electrons. The minimum absolute atomic E-state index is 0.214. The molecule has 3 aromatic carbocycles. The van der Waals surface area contributed by atoms with Gasteiger partial charge < -0.3 is 9.47 Å². The molecule has 0 unspecified atom stereocenters. The van der Waals surface area contributed by atoms with E-state index in [1.807, 2.05) is 31.2 Å². The maximum absolute atomic E-state index is 12.5. The van der Waals surface area contributed by atoms with Crippen LogP contribution in [0.1, 0.15) is 28.4 Å². The van der Waals surface area contributed by atoms with E-state index in [2.05, 4.69) is 26.5 Å². The van der Waals surface area contributed by atoms with Crippen LogP contribution in [0.25, 0.3) is 0 Å². The third-order valence-corrected chi connectivity index (χ3v) is 5.10. The summed E-state index contributed by atoms with van der Waals surface area (Å²) in [6.07, 6.45) is 1.70. The molecular formula is C24H20BrClN2O4. The Bertz CT molecular complexity index is 1130. The summed E-state index contributed by atoms with van der Waals surface area (Å²) in [5.74, 6) is -0.191. The Balaban J connectivity index is 1.65. The average Bonchev–Trinajstić information content (AvgIpc) is 2.77. The molecule has 3 rings (SSSR count). The van der Waals surface area contributed by atoms with Crippen LogP contribution in [0.15, 0.2) is 76.3 Å². The zero-order valence-corrected chi connectivity index (χ0v) is 19.5. The van der Waals surface area contributed by atoms with Crippen LogP contribution < -0.4 is 14.9 Å². The van der Waals surface area contributed by atoms with Crippen molar-refractivity contribution < 1.29 is 19.1 Å². The molecule has 0 spiro atoms. The third kappa shape index (κ3) is 6.67. The van der Waals surface area contributed by atoms with Gasteiger partial charge in [-0.05, 0) is 60.5 Å². The molecular weight excluding hydrogens is 496 g/mol. The van der Waals surface area contributed by atoms with Crippen LogP contribution in [0, 0.1) is 0 Å². The lowest BCUT2D eigenvalue weighted by Gasteiger charge is -2.12. The van der Waals surface area contributed by atoms with Gasteiger partial charge in [0.15, 0.2) is 11.5 Å². The van der Waals surface area contributed by atoms with Crippen molar-refractivity contribution in [3.8, 4) is 11.5 Å². The molecule has 0 aliphatic rings. The average molecular weight is 516 g/mol. The second kappa shape index (κ2) is 11.5. The highest BCUT2D eigenvalue weighted by molar-refractivity contribution is 9.10. The Morgan fingerprint density at radius 3 is 2.53 bits per heavy atom. The standard InChI is InChI=1S/C24H20BrClN2O4/c1-2-31-22-13-17(15-27-28-23(29)14-16-7-10-18(25)11-8-16)9-12-21(22)32-24(30)19-5-3-4-6-20(19)26/h3-13,15H,2,14H2,1H3,(H,28,29)/b27-15-. The molecule has 1 amide bonds. The second-order valence-corrected chi connectivity index (χ2v) is 7.93. The molecule has 32 heavy (non-hydrogen) atoms. The fraction of sp³-hybridized carbons (Fsp3) is 0.125. The maximum Gasteiger partial charge on any atom is 0.345 e. The van der Waals surface area contributed by atoms with Crippen LogP contribution in [-0.2, 0) is 11.2 Å². The van der Waals surface area contributed by atoms with Crippen molar-refractivity contribution in [3.63, 3.8) is 0 Å². The zero-order valence-electron chi connectivity index (χ0n) is 17.2. The van der Waals surface area contributed by atoms with Gasteiger partial charge in [0.25, 0.3) is 0 Å². The summed E-state index contributed by atoms with van der Waals surface area (Å²) in [4.78, 5) is 24.5. The van der Waals surface area contributed by atoms with E-state index in [1.165, 1.54) is 6.21 Å². The van der Waals surface area contributed by atoms with Gasteiger partial charge in [0, 0.05) is 4.47 Å². The highest BCUT2D eigenvalue weighted by atomic mass is 79.9. The Morgan fingerprint density at radius 1 is 1.06 bits per heavy atom. The van der Waals surface area contributed by atoms with Crippen molar-refractivity contribution in [2.24, 2.45) is 5.10 Å². The minimum atomic E-state index is -0.585. The van der Waals surface area contributed by atoms with Crippen molar-refractivity contribution in [2.75, 3.05) is 6.61 Å². The molecule has 0 bridgehead atoms. The molecule has 0 aliphatic heterocycles. The molecule has 0 atom stereocenters. The number of carbonyl (C=O) groups excluding carboxylic acids is 2. The van der Waals surface area contributed by atoms with E-state index >= 15 is 0 Å². The summed E-state index contributed by atoms with van der Waals surface area (Å²) < 4.78 is 12.0. The molecule has 0 aromatic heterocycles. The van der Waals surface area contributed by atoms with E-state index in [1.54, 1.807) is 42.5 Å². The van der Waals surface area contributed by atoms with Crippen molar-refractivity contribution in [1.29, 1.82) is 0 Å². The van der Waals surface area contributed by atoms with E-state index in [9.17, 15) is 9.59 Å². The highest BCUT2D eigenvalue weighted by Crippen LogP contribution is 2.29. The number of nitrogens with one attached hydrogen (secondary N) is 1. The largest absolute Gasteiger partial charge is 0.490 e. The SMILES string of the molecule is CCOc1cc(/C=N\NC(=O)Cc2ccc(Br)cc2)ccc1OC(=O)c1ccccc1Cl. The summed E-state index contributed by atoms with van der Waals surface area (Å²) in [5.41, 5.74) is 4.30. The first-order valence-electron chi connectivity index (χ1n) is 9.76. The van der Waals surface area contributed by atoms with Crippen molar-refractivity contribution >= 4 is 45.6 Å². The number of hydrogen-bond donors (Lipinski definition) is 1. The van der Waals surface area contributed by atoms with Crippen LogP contribution in [0.2, 0.25) is 5.02 Å². The predicted molar refractivity (Wildman–Crippen MR) is 128 cm³/mol. The van der Waals surface area contributed by atoms with E-state index < -0.39 is 5.97 Å². The Morgan fingerprint density at radius 2 is 1.81 bits per heavy atom. The summed E-state index contributed by atoms with van der Waals surface area (Å²) in [7, 11) is 0. The van der Waals surface area contributed by atoms with E-state index in [0.717, 1.165) is 10.0 Å². The van der Waals surface area contributed by atoms with Crippen molar-refractivity contribution in [1.82, 2.24) is 5.43 Å². The van der Waals surface area contributed by atoms with E-state index in [0.29, 0.717) is 22.9 Å². The number of hydrazone groups is 1. The summed E-state index contributed by atoms with van der Waals surface area (Å²) in [6, 6.07) is 19.1. The number of rotatable bonds is 8. The number of nitrogens with zero attached hydrogens (tertiary/aromatic N) is 1. The van der Waals surface area contributed by atoms with Crippen molar-refractivity contribution in [3.05, 3.63) is 92.9 Å². The van der Waals surface area contributed by atoms with E-state index in [-0.39, 0.29) is 23.6 Å². The molecule has 0 heterocycles. The van der Waals surface area contributed by atoms with Gasteiger partial charge in [0.2, 0.25) is 5.91 Å². The number of amides is 1. The molecule has 8 heteroatoms. The molecule has 3 aromatic rings. The lowest BCUT2D eigenvalue weighted by atomic mass is 10.1. The Hall–Kier alpha value is -3.16. The number of halogens is 2. The quantitative estimate of drug-likeness (QED) is 0.188. The van der Waals surface area contributed by atoms with Gasteiger partial charge >= 0.3 is 5.97 Å². The van der Waals surface area contributed by atoms with Gasteiger partial charge in [-0.25, -0.2) is 10.2 Å². The van der Waals surface area contributed by atoms with Crippen LogP contribution in [-0.4, -0.2) is 24.7 Å². The summed E-state index contributed by atoms with van der Waals surface area (Å²) in [5, 5.41) is 4.30. The minimum Gasteiger partial charge on any atom is -0.490 e. The number of ether oxygens (including phenoxy) is 2. The molecule has 0 saturated carbocycles. The van der Waals surface area contributed by atoms with E-state index in [4.69, 9.17) is 21.1 Å². The van der Waals surface area contributed by atoms with Gasteiger partial charge in [-0.3, -0.25) is 4.79 Å². The molecule has 1 N–H and O–H groups in total. The van der Waals surface area contributed by atoms with Gasteiger partial charge in [0.1, 0.15) is 0 Å². The maximum atomic E-state index is 12.5. The molecule has 6 nitrogen and oxygen atoms in total. The smallest absolute Gasteiger partial charge is 0.345 e. The monoisotopic (exact) mass is 514 g/mol. The molecule has 0 aliphatic carbocycles. The number of carbonyl (C=O) groups is 2. The van der Waals surface area contributed by atoms with Gasteiger partial charge in [-0.15, -0.1) is 0 Å². The Kier molecular flexibility index (Phi) is 8.41. The lowest BCUT2D eigenvalue weighted by Crippen LogP contribution is -2.19. The third-order valence-electron chi connectivity index (χ3n) is 4.24.